The predicted octanol–water partition coefficient (Wildman–Crippen LogP) is 4.65. The first-order valence-corrected chi connectivity index (χ1v) is 10.1. The van der Waals surface area contributed by atoms with Gasteiger partial charge in [0.1, 0.15) is 18.1 Å². The standard InChI is InChI=1S/C20H15F3N4O2S/c21-20(22,23)29-13-5-3-11(4-6-13)18-17-14(26-19-24-10-25-27(18)19)8-12(9-15(17)28)16-2-1-7-30-16/h1-7,10,12,18H,8-9H2,(H,24,25,26). The highest BCUT2D eigenvalue weighted by Gasteiger charge is 2.39. The highest BCUT2D eigenvalue weighted by Crippen LogP contribution is 2.44. The average Bonchev–Trinajstić information content (AvgIpc) is 3.37. The Labute approximate surface area is 173 Å². The number of carbonyl (C=O) groups excluding carboxylic acids is 1. The second-order valence-corrected chi connectivity index (χ2v) is 8.09. The number of hydrogen-bond acceptors (Lipinski definition) is 6. The molecule has 5 rings (SSSR count). The van der Waals surface area contributed by atoms with Gasteiger partial charge in [-0.3, -0.25) is 4.79 Å². The molecule has 0 spiro atoms. The lowest BCUT2D eigenvalue weighted by molar-refractivity contribution is -0.274. The molecule has 2 atom stereocenters. The largest absolute Gasteiger partial charge is 0.573 e. The van der Waals surface area contributed by atoms with Gasteiger partial charge in [-0.2, -0.15) is 10.1 Å². The summed E-state index contributed by atoms with van der Waals surface area (Å²) in [5.41, 5.74) is 1.99. The lowest BCUT2D eigenvalue weighted by Crippen LogP contribution is -2.33. The van der Waals surface area contributed by atoms with Gasteiger partial charge >= 0.3 is 6.36 Å². The number of nitrogens with zero attached hydrogens (tertiary/aromatic N) is 3. The second-order valence-electron chi connectivity index (χ2n) is 7.11. The molecular formula is C20H15F3N4O2S. The number of ketones is 1. The number of allylic oxidation sites excluding steroid dienone is 2. The fourth-order valence-electron chi connectivity index (χ4n) is 4.04. The third-order valence-corrected chi connectivity index (χ3v) is 6.27. The van der Waals surface area contributed by atoms with Crippen molar-refractivity contribution in [3.05, 3.63) is 69.8 Å². The minimum atomic E-state index is -4.76. The molecule has 6 nitrogen and oxygen atoms in total. The van der Waals surface area contributed by atoms with Gasteiger partial charge in [0.05, 0.1) is 0 Å². The van der Waals surface area contributed by atoms with Crippen LogP contribution in [0.1, 0.15) is 35.2 Å². The molecule has 0 radical (unpaired) electrons. The highest BCUT2D eigenvalue weighted by molar-refractivity contribution is 7.10. The van der Waals surface area contributed by atoms with E-state index >= 15 is 0 Å². The van der Waals surface area contributed by atoms with Crippen LogP contribution < -0.4 is 10.1 Å². The van der Waals surface area contributed by atoms with Gasteiger partial charge in [0, 0.05) is 28.5 Å². The Kier molecular flexibility index (Phi) is 4.39. The number of halogens is 3. The summed E-state index contributed by atoms with van der Waals surface area (Å²) >= 11 is 1.62. The maximum absolute atomic E-state index is 13.2. The van der Waals surface area contributed by atoms with Gasteiger partial charge in [0.25, 0.3) is 0 Å². The summed E-state index contributed by atoms with van der Waals surface area (Å²) < 4.78 is 43.0. The summed E-state index contributed by atoms with van der Waals surface area (Å²) in [6, 6.07) is 8.95. The summed E-state index contributed by atoms with van der Waals surface area (Å²) in [6.45, 7) is 0. The number of anilines is 1. The van der Waals surface area contributed by atoms with Gasteiger partial charge < -0.3 is 10.1 Å². The Balaban J connectivity index is 1.53. The summed E-state index contributed by atoms with van der Waals surface area (Å²) in [4.78, 5) is 18.5. The van der Waals surface area contributed by atoms with Crippen LogP contribution in [-0.4, -0.2) is 26.9 Å². The highest BCUT2D eigenvalue weighted by atomic mass is 32.1. The van der Waals surface area contributed by atoms with Crippen molar-refractivity contribution in [2.75, 3.05) is 5.32 Å². The molecule has 154 valence electrons. The molecule has 10 heteroatoms. The van der Waals surface area contributed by atoms with Crippen LogP contribution in [0.5, 0.6) is 5.75 Å². The lowest BCUT2D eigenvalue weighted by Gasteiger charge is -2.34. The minimum absolute atomic E-state index is 0.0103. The number of fused-ring (bicyclic) bond motifs is 1. The third-order valence-electron chi connectivity index (χ3n) is 5.24. The molecule has 1 N–H and O–H groups in total. The van der Waals surface area contributed by atoms with Crippen molar-refractivity contribution >= 4 is 23.1 Å². The molecule has 0 saturated carbocycles. The molecule has 1 aliphatic heterocycles. The van der Waals surface area contributed by atoms with Gasteiger partial charge in [-0.1, -0.05) is 18.2 Å². The number of aromatic nitrogens is 3. The maximum atomic E-state index is 13.2. The molecule has 3 aromatic rings. The quantitative estimate of drug-likeness (QED) is 0.652. The Morgan fingerprint density at radius 3 is 2.67 bits per heavy atom. The van der Waals surface area contributed by atoms with Crippen LogP contribution in [0.15, 0.2) is 59.4 Å². The van der Waals surface area contributed by atoms with Crippen LogP contribution in [0.4, 0.5) is 19.1 Å². The monoisotopic (exact) mass is 432 g/mol. The molecule has 2 aliphatic rings. The van der Waals surface area contributed by atoms with Crippen molar-refractivity contribution < 1.29 is 22.7 Å². The molecule has 0 bridgehead atoms. The molecule has 2 aromatic heterocycles. The summed E-state index contributed by atoms with van der Waals surface area (Å²) in [5.74, 6) is 0.250. The zero-order valence-electron chi connectivity index (χ0n) is 15.4. The molecule has 30 heavy (non-hydrogen) atoms. The van der Waals surface area contributed by atoms with Crippen LogP contribution in [0.25, 0.3) is 0 Å². The van der Waals surface area contributed by atoms with Crippen molar-refractivity contribution in [3.63, 3.8) is 0 Å². The van der Waals surface area contributed by atoms with E-state index in [4.69, 9.17) is 0 Å². The van der Waals surface area contributed by atoms with E-state index in [0.717, 1.165) is 10.6 Å². The van der Waals surface area contributed by atoms with E-state index in [9.17, 15) is 18.0 Å². The molecule has 0 saturated heterocycles. The number of rotatable bonds is 3. The van der Waals surface area contributed by atoms with Crippen molar-refractivity contribution in [1.82, 2.24) is 14.8 Å². The van der Waals surface area contributed by atoms with E-state index < -0.39 is 12.4 Å². The molecule has 0 amide bonds. The number of benzene rings is 1. The Bertz CT molecular complexity index is 1120. The number of Topliss-reactive ketones (excluding diaryl/α,β-unsaturated/α-hetero) is 1. The number of thiophene rings is 1. The molecular weight excluding hydrogens is 417 g/mol. The van der Waals surface area contributed by atoms with E-state index in [2.05, 4.69) is 20.1 Å². The number of alkyl halides is 3. The summed E-state index contributed by atoms with van der Waals surface area (Å²) in [5, 5.41) is 9.45. The zero-order chi connectivity index (χ0) is 20.9. The maximum Gasteiger partial charge on any atom is 0.573 e. The first-order valence-electron chi connectivity index (χ1n) is 9.21. The molecule has 3 heterocycles. The van der Waals surface area contributed by atoms with Crippen molar-refractivity contribution in [2.24, 2.45) is 0 Å². The Morgan fingerprint density at radius 2 is 1.97 bits per heavy atom. The normalized spacial score (nSPS) is 21.1. The molecule has 2 unspecified atom stereocenters. The third kappa shape index (κ3) is 3.36. The van der Waals surface area contributed by atoms with E-state index in [0.29, 0.717) is 29.9 Å². The minimum Gasteiger partial charge on any atom is -0.406 e. The van der Waals surface area contributed by atoms with E-state index in [-0.39, 0.29) is 17.5 Å². The van der Waals surface area contributed by atoms with E-state index in [1.54, 1.807) is 16.0 Å². The van der Waals surface area contributed by atoms with Crippen LogP contribution in [0.2, 0.25) is 0 Å². The number of hydrogen-bond donors (Lipinski definition) is 1. The number of ether oxygens (including phenoxy) is 1. The van der Waals surface area contributed by atoms with Gasteiger partial charge in [0.2, 0.25) is 5.95 Å². The smallest absolute Gasteiger partial charge is 0.406 e. The Morgan fingerprint density at radius 1 is 1.17 bits per heavy atom. The molecule has 1 aromatic carbocycles. The van der Waals surface area contributed by atoms with Crippen molar-refractivity contribution in [1.29, 1.82) is 0 Å². The lowest BCUT2D eigenvalue weighted by atomic mass is 9.80. The summed E-state index contributed by atoms with van der Waals surface area (Å²) in [6.07, 6.45) is -2.35. The SMILES string of the molecule is O=C1CC(c2cccs2)CC2=C1C(c1ccc(OC(F)(F)F)cc1)n1ncnc1N2. The van der Waals surface area contributed by atoms with Crippen LogP contribution in [-0.2, 0) is 4.79 Å². The topological polar surface area (TPSA) is 69.0 Å². The molecule has 0 fully saturated rings. The van der Waals surface area contributed by atoms with Gasteiger partial charge in [-0.05, 0) is 35.6 Å². The predicted molar refractivity (Wildman–Crippen MR) is 103 cm³/mol. The first-order chi connectivity index (χ1) is 14.4. The first kappa shape index (κ1) is 18.9. The fraction of sp³-hybridized carbons (Fsp3) is 0.250. The van der Waals surface area contributed by atoms with E-state index in [1.165, 1.54) is 30.6 Å². The molecule has 1 aliphatic carbocycles. The zero-order valence-corrected chi connectivity index (χ0v) is 16.2. The van der Waals surface area contributed by atoms with Crippen LogP contribution in [0, 0.1) is 0 Å². The van der Waals surface area contributed by atoms with Gasteiger partial charge in [-0.15, -0.1) is 24.5 Å². The van der Waals surface area contributed by atoms with Crippen molar-refractivity contribution in [2.45, 2.75) is 31.2 Å². The van der Waals surface area contributed by atoms with Crippen molar-refractivity contribution in [3.8, 4) is 5.75 Å². The number of nitrogens with one attached hydrogen (secondary N) is 1. The fourth-order valence-corrected chi connectivity index (χ4v) is 4.87. The van der Waals surface area contributed by atoms with Gasteiger partial charge in [0.15, 0.2) is 5.78 Å². The Hall–Kier alpha value is -3.14. The van der Waals surface area contributed by atoms with Crippen LogP contribution in [0.3, 0.4) is 0 Å². The van der Waals surface area contributed by atoms with Gasteiger partial charge in [-0.25, -0.2) is 4.68 Å². The van der Waals surface area contributed by atoms with Crippen LogP contribution >= 0.6 is 11.3 Å². The second kappa shape index (κ2) is 6.98. The summed E-state index contributed by atoms with van der Waals surface area (Å²) in [7, 11) is 0. The van der Waals surface area contributed by atoms with E-state index in [1.807, 2.05) is 17.5 Å². The average molecular weight is 432 g/mol. The number of carbonyl (C=O) groups is 1.